The van der Waals surface area contributed by atoms with Gasteiger partial charge in [-0.25, -0.2) is 4.98 Å². The lowest BCUT2D eigenvalue weighted by atomic mass is 10.0. The van der Waals surface area contributed by atoms with E-state index in [1.807, 2.05) is 12.1 Å². The van der Waals surface area contributed by atoms with Crippen molar-refractivity contribution in [3.05, 3.63) is 28.5 Å². The van der Waals surface area contributed by atoms with Crippen LogP contribution in [-0.2, 0) is 0 Å². The Labute approximate surface area is 106 Å². The number of nitrogens with zero attached hydrogens (tertiary/aromatic N) is 1. The lowest BCUT2D eigenvalue weighted by Gasteiger charge is -2.12. The predicted molar refractivity (Wildman–Crippen MR) is 70.3 cm³/mol. The van der Waals surface area contributed by atoms with E-state index < -0.39 is 0 Å². The third-order valence-corrected chi connectivity index (χ3v) is 2.97. The van der Waals surface area contributed by atoms with E-state index in [-0.39, 0.29) is 18.4 Å². The smallest absolute Gasteiger partial charge is 0.110 e. The Bertz CT molecular complexity index is 281. The van der Waals surface area contributed by atoms with Gasteiger partial charge in [-0.1, -0.05) is 32.3 Å². The average Bonchev–Trinajstić information content (AvgIpc) is 2.18. The first-order valence-corrected chi connectivity index (χ1v) is 5.91. The van der Waals surface area contributed by atoms with Gasteiger partial charge in [0.2, 0.25) is 0 Å². The molecule has 0 saturated heterocycles. The number of unbranched alkanes of at least 4 members (excludes halogenated alkanes) is 2. The van der Waals surface area contributed by atoms with Crippen molar-refractivity contribution in [2.45, 2.75) is 38.6 Å². The molecule has 15 heavy (non-hydrogen) atoms. The molecule has 2 N–H and O–H groups in total. The normalized spacial score (nSPS) is 11.9. The number of hydrogen-bond acceptors (Lipinski definition) is 2. The fourth-order valence-corrected chi connectivity index (χ4v) is 1.99. The first kappa shape index (κ1) is 14.9. The lowest BCUT2D eigenvalue weighted by molar-refractivity contribution is 0.578. The monoisotopic (exact) mass is 292 g/mol. The van der Waals surface area contributed by atoms with Gasteiger partial charge in [0, 0.05) is 17.8 Å². The highest BCUT2D eigenvalue weighted by molar-refractivity contribution is 9.10. The third-order valence-electron chi connectivity index (χ3n) is 2.31. The molecule has 0 spiro atoms. The summed E-state index contributed by atoms with van der Waals surface area (Å²) in [7, 11) is 0. The number of hydrogen-bond donors (Lipinski definition) is 1. The zero-order valence-corrected chi connectivity index (χ0v) is 11.4. The highest BCUT2D eigenvalue weighted by Crippen LogP contribution is 2.23. The second-order valence-electron chi connectivity index (χ2n) is 3.49. The van der Waals surface area contributed by atoms with E-state index in [1.165, 1.54) is 19.3 Å². The molecule has 0 amide bonds. The van der Waals surface area contributed by atoms with E-state index in [0.29, 0.717) is 0 Å². The standard InChI is InChI=1S/C11H17BrN2.ClH/c1-2-3-4-7-10(13)9-6-5-8-14-11(9)12;/h5-6,8,10H,2-4,7,13H2,1H3;1H/t10-;/m0./s1. The molecule has 0 aliphatic rings. The van der Waals surface area contributed by atoms with Crippen LogP contribution >= 0.6 is 28.3 Å². The van der Waals surface area contributed by atoms with Gasteiger partial charge >= 0.3 is 0 Å². The minimum Gasteiger partial charge on any atom is -0.324 e. The minimum atomic E-state index is 0. The molecular formula is C11H18BrClN2. The summed E-state index contributed by atoms with van der Waals surface area (Å²) in [6, 6.07) is 4.08. The van der Waals surface area contributed by atoms with Crippen molar-refractivity contribution < 1.29 is 0 Å². The van der Waals surface area contributed by atoms with Gasteiger partial charge in [0.15, 0.2) is 0 Å². The molecule has 1 aromatic rings. The van der Waals surface area contributed by atoms with Gasteiger partial charge in [0.1, 0.15) is 4.60 Å². The van der Waals surface area contributed by atoms with E-state index in [0.717, 1.165) is 16.6 Å². The SMILES string of the molecule is CCCCC[C@H](N)c1cccnc1Br.Cl. The summed E-state index contributed by atoms with van der Waals surface area (Å²) in [5.41, 5.74) is 7.18. The van der Waals surface area contributed by atoms with Crippen molar-refractivity contribution in [3.63, 3.8) is 0 Å². The molecule has 1 heterocycles. The van der Waals surface area contributed by atoms with Crippen molar-refractivity contribution in [1.82, 2.24) is 4.98 Å². The molecule has 0 bridgehead atoms. The van der Waals surface area contributed by atoms with Gasteiger partial charge in [0.05, 0.1) is 0 Å². The summed E-state index contributed by atoms with van der Waals surface area (Å²) in [5, 5.41) is 0. The first-order chi connectivity index (χ1) is 6.75. The van der Waals surface area contributed by atoms with Crippen LogP contribution in [0.15, 0.2) is 22.9 Å². The van der Waals surface area contributed by atoms with Crippen LogP contribution in [0.1, 0.15) is 44.2 Å². The first-order valence-electron chi connectivity index (χ1n) is 5.11. The second kappa shape index (κ2) is 8.08. The van der Waals surface area contributed by atoms with Crippen LogP contribution in [0.2, 0.25) is 0 Å². The third kappa shape index (κ3) is 4.96. The van der Waals surface area contributed by atoms with E-state index in [9.17, 15) is 0 Å². The summed E-state index contributed by atoms with van der Waals surface area (Å²) in [6.45, 7) is 2.20. The van der Waals surface area contributed by atoms with Gasteiger partial charge in [-0.3, -0.25) is 0 Å². The minimum absolute atomic E-state index is 0. The van der Waals surface area contributed by atoms with Crippen molar-refractivity contribution in [3.8, 4) is 0 Å². The van der Waals surface area contributed by atoms with Crippen molar-refractivity contribution in [1.29, 1.82) is 0 Å². The van der Waals surface area contributed by atoms with Crippen LogP contribution in [0.4, 0.5) is 0 Å². The molecule has 0 aliphatic carbocycles. The Hall–Kier alpha value is -0.120. The molecule has 0 saturated carbocycles. The largest absolute Gasteiger partial charge is 0.324 e. The van der Waals surface area contributed by atoms with E-state index in [1.54, 1.807) is 6.20 Å². The van der Waals surface area contributed by atoms with Crippen molar-refractivity contribution in [2.75, 3.05) is 0 Å². The molecule has 0 aromatic carbocycles. The zero-order chi connectivity index (χ0) is 10.4. The Morgan fingerprint density at radius 2 is 2.20 bits per heavy atom. The van der Waals surface area contributed by atoms with Crippen molar-refractivity contribution >= 4 is 28.3 Å². The van der Waals surface area contributed by atoms with Gasteiger partial charge in [-0.2, -0.15) is 0 Å². The number of aromatic nitrogens is 1. The summed E-state index contributed by atoms with van der Waals surface area (Å²) in [5.74, 6) is 0. The van der Waals surface area contributed by atoms with Crippen LogP contribution in [0, 0.1) is 0 Å². The zero-order valence-electron chi connectivity index (χ0n) is 8.95. The number of nitrogens with two attached hydrogens (primary N) is 1. The maximum absolute atomic E-state index is 6.07. The molecule has 2 nitrogen and oxygen atoms in total. The molecule has 0 fully saturated rings. The van der Waals surface area contributed by atoms with E-state index in [2.05, 4.69) is 27.8 Å². The summed E-state index contributed by atoms with van der Waals surface area (Å²) in [4.78, 5) is 4.17. The van der Waals surface area contributed by atoms with Gasteiger partial charge in [-0.15, -0.1) is 12.4 Å². The average molecular weight is 294 g/mol. The Balaban J connectivity index is 0.00000196. The second-order valence-corrected chi connectivity index (χ2v) is 4.24. The molecular weight excluding hydrogens is 275 g/mol. The number of pyridine rings is 1. The van der Waals surface area contributed by atoms with Gasteiger partial charge in [-0.05, 0) is 28.4 Å². The van der Waals surface area contributed by atoms with Crippen LogP contribution in [-0.4, -0.2) is 4.98 Å². The lowest BCUT2D eigenvalue weighted by Crippen LogP contribution is -2.11. The molecule has 1 aromatic heterocycles. The maximum Gasteiger partial charge on any atom is 0.110 e. The van der Waals surface area contributed by atoms with Crippen molar-refractivity contribution in [2.24, 2.45) is 5.73 Å². The predicted octanol–water partition coefficient (Wildman–Crippen LogP) is 3.85. The maximum atomic E-state index is 6.07. The fourth-order valence-electron chi connectivity index (χ4n) is 1.44. The number of halogens is 2. The quantitative estimate of drug-likeness (QED) is 0.661. The van der Waals surface area contributed by atoms with Crippen LogP contribution in [0.5, 0.6) is 0 Å². The van der Waals surface area contributed by atoms with Crippen LogP contribution < -0.4 is 5.73 Å². The summed E-state index contributed by atoms with van der Waals surface area (Å²) >= 11 is 3.41. The molecule has 1 rings (SSSR count). The number of rotatable bonds is 5. The topological polar surface area (TPSA) is 38.9 Å². The van der Waals surface area contributed by atoms with E-state index >= 15 is 0 Å². The summed E-state index contributed by atoms with van der Waals surface area (Å²) in [6.07, 6.45) is 6.50. The molecule has 4 heteroatoms. The Kier molecular flexibility index (Phi) is 8.02. The molecule has 0 unspecified atom stereocenters. The Morgan fingerprint density at radius 1 is 1.47 bits per heavy atom. The highest BCUT2D eigenvalue weighted by Gasteiger charge is 2.09. The molecule has 0 radical (unpaired) electrons. The van der Waals surface area contributed by atoms with Gasteiger partial charge < -0.3 is 5.73 Å². The fraction of sp³-hybridized carbons (Fsp3) is 0.545. The van der Waals surface area contributed by atoms with Crippen LogP contribution in [0.3, 0.4) is 0 Å². The van der Waals surface area contributed by atoms with E-state index in [4.69, 9.17) is 5.73 Å². The summed E-state index contributed by atoms with van der Waals surface area (Å²) < 4.78 is 0.879. The molecule has 0 aliphatic heterocycles. The van der Waals surface area contributed by atoms with Gasteiger partial charge in [0.25, 0.3) is 0 Å². The molecule has 86 valence electrons. The highest BCUT2D eigenvalue weighted by atomic mass is 79.9. The molecule has 1 atom stereocenters. The Morgan fingerprint density at radius 3 is 2.80 bits per heavy atom. The van der Waals surface area contributed by atoms with Crippen LogP contribution in [0.25, 0.3) is 0 Å².